The summed E-state index contributed by atoms with van der Waals surface area (Å²) in [5.74, 6) is 0. The zero-order chi connectivity index (χ0) is 13.1. The average Bonchev–Trinajstić information content (AvgIpc) is 2.46. The van der Waals surface area contributed by atoms with Gasteiger partial charge in [0, 0.05) is 31.2 Å². The van der Waals surface area contributed by atoms with Crippen LogP contribution in [0.3, 0.4) is 0 Å². The van der Waals surface area contributed by atoms with Crippen LogP contribution in [0, 0.1) is 0 Å². The first-order valence-electron chi connectivity index (χ1n) is 7.81. The Kier molecular flexibility index (Phi) is 3.90. The minimum Gasteiger partial charge on any atom is -0.311 e. The largest absolute Gasteiger partial charge is 0.311 e. The smallest absolute Gasteiger partial charge is 0.0338 e. The van der Waals surface area contributed by atoms with Gasteiger partial charge in [-0.25, -0.2) is 0 Å². The van der Waals surface area contributed by atoms with Crippen LogP contribution in [0.25, 0.3) is 0 Å². The van der Waals surface area contributed by atoms with Gasteiger partial charge < -0.3 is 5.32 Å². The summed E-state index contributed by atoms with van der Waals surface area (Å²) in [6.45, 7) is 5.80. The second kappa shape index (κ2) is 5.64. The van der Waals surface area contributed by atoms with E-state index in [1.807, 2.05) is 0 Å². The van der Waals surface area contributed by atoms with Crippen molar-refractivity contribution in [3.05, 3.63) is 35.9 Å². The summed E-state index contributed by atoms with van der Waals surface area (Å²) >= 11 is 0. The highest BCUT2D eigenvalue weighted by molar-refractivity contribution is 5.16. The van der Waals surface area contributed by atoms with Gasteiger partial charge in [-0.1, -0.05) is 49.6 Å². The van der Waals surface area contributed by atoms with E-state index in [1.54, 1.807) is 0 Å². The van der Waals surface area contributed by atoms with Gasteiger partial charge >= 0.3 is 0 Å². The molecular formula is C17H26N2. The van der Waals surface area contributed by atoms with Crippen LogP contribution in [0.4, 0.5) is 0 Å². The Morgan fingerprint density at radius 2 is 1.89 bits per heavy atom. The lowest BCUT2D eigenvalue weighted by atomic mass is 9.78. The van der Waals surface area contributed by atoms with Gasteiger partial charge in [-0.15, -0.1) is 0 Å². The van der Waals surface area contributed by atoms with Crippen molar-refractivity contribution < 1.29 is 0 Å². The van der Waals surface area contributed by atoms with E-state index in [0.717, 1.165) is 6.54 Å². The lowest BCUT2D eigenvalue weighted by Crippen LogP contribution is -2.64. The van der Waals surface area contributed by atoms with Gasteiger partial charge in [-0.3, -0.25) is 4.90 Å². The molecule has 0 radical (unpaired) electrons. The van der Waals surface area contributed by atoms with Crippen molar-refractivity contribution in [1.29, 1.82) is 0 Å². The van der Waals surface area contributed by atoms with E-state index in [2.05, 4.69) is 47.5 Å². The molecule has 104 valence electrons. The molecule has 0 bridgehead atoms. The van der Waals surface area contributed by atoms with Gasteiger partial charge in [-0.2, -0.15) is 0 Å². The molecule has 19 heavy (non-hydrogen) atoms. The molecule has 2 nitrogen and oxygen atoms in total. The fourth-order valence-corrected chi connectivity index (χ4v) is 3.80. The average molecular weight is 258 g/mol. The van der Waals surface area contributed by atoms with E-state index >= 15 is 0 Å². The van der Waals surface area contributed by atoms with Gasteiger partial charge in [0.25, 0.3) is 0 Å². The summed E-state index contributed by atoms with van der Waals surface area (Å²) in [7, 11) is 0. The summed E-state index contributed by atoms with van der Waals surface area (Å²) in [5.41, 5.74) is 1.89. The molecule has 1 unspecified atom stereocenters. The van der Waals surface area contributed by atoms with Crippen molar-refractivity contribution >= 4 is 0 Å². The first-order chi connectivity index (χ1) is 9.28. The molecular weight excluding hydrogens is 232 g/mol. The lowest BCUT2D eigenvalue weighted by Gasteiger charge is -2.51. The number of benzene rings is 1. The molecule has 1 N–H and O–H groups in total. The van der Waals surface area contributed by atoms with E-state index in [9.17, 15) is 0 Å². The van der Waals surface area contributed by atoms with E-state index < -0.39 is 0 Å². The minimum atomic E-state index is 0.431. The van der Waals surface area contributed by atoms with Crippen LogP contribution in [0.1, 0.15) is 44.6 Å². The standard InChI is InChI=1S/C17H26N2/c1-15-12-19(13-16-8-4-2-5-9-16)17(14-18-15)10-6-3-7-11-17/h2,4-5,8-9,15,18H,3,6-7,10-14H2,1H3. The molecule has 1 heterocycles. The van der Waals surface area contributed by atoms with Gasteiger partial charge in [-0.05, 0) is 25.3 Å². The van der Waals surface area contributed by atoms with Crippen LogP contribution in [0.5, 0.6) is 0 Å². The van der Waals surface area contributed by atoms with E-state index in [4.69, 9.17) is 0 Å². The van der Waals surface area contributed by atoms with Crippen LogP contribution in [-0.4, -0.2) is 29.6 Å². The highest BCUT2D eigenvalue weighted by Crippen LogP contribution is 2.36. The van der Waals surface area contributed by atoms with Crippen molar-refractivity contribution in [3.63, 3.8) is 0 Å². The fourth-order valence-electron chi connectivity index (χ4n) is 3.80. The molecule has 1 aliphatic heterocycles. The maximum absolute atomic E-state index is 3.72. The number of nitrogens with one attached hydrogen (secondary N) is 1. The molecule has 0 aromatic heterocycles. The molecule has 2 fully saturated rings. The van der Waals surface area contributed by atoms with Crippen molar-refractivity contribution in [2.24, 2.45) is 0 Å². The summed E-state index contributed by atoms with van der Waals surface area (Å²) in [5, 5.41) is 3.72. The normalized spacial score (nSPS) is 27.5. The molecule has 2 aliphatic rings. The van der Waals surface area contributed by atoms with E-state index in [0.29, 0.717) is 11.6 Å². The Labute approximate surface area is 117 Å². The Bertz CT molecular complexity index is 395. The number of hydrogen-bond acceptors (Lipinski definition) is 2. The molecule has 1 saturated carbocycles. The zero-order valence-electron chi connectivity index (χ0n) is 12.1. The maximum Gasteiger partial charge on any atom is 0.0338 e. The molecule has 1 aromatic carbocycles. The van der Waals surface area contributed by atoms with Gasteiger partial charge in [0.15, 0.2) is 0 Å². The second-order valence-electron chi connectivity index (χ2n) is 6.43. The SMILES string of the molecule is CC1CN(Cc2ccccc2)C2(CCCCC2)CN1. The van der Waals surface area contributed by atoms with Crippen LogP contribution in [0.2, 0.25) is 0 Å². The predicted octanol–water partition coefficient (Wildman–Crippen LogP) is 3.18. The number of piperazine rings is 1. The summed E-state index contributed by atoms with van der Waals surface area (Å²) in [6.07, 6.45) is 6.98. The molecule has 0 amide bonds. The number of nitrogens with zero attached hydrogens (tertiary/aromatic N) is 1. The molecule has 1 aliphatic carbocycles. The van der Waals surface area contributed by atoms with Crippen LogP contribution >= 0.6 is 0 Å². The Morgan fingerprint density at radius 1 is 1.16 bits per heavy atom. The maximum atomic E-state index is 3.72. The number of hydrogen-bond donors (Lipinski definition) is 1. The van der Waals surface area contributed by atoms with E-state index in [1.165, 1.54) is 50.8 Å². The highest BCUT2D eigenvalue weighted by Gasteiger charge is 2.41. The first-order valence-corrected chi connectivity index (χ1v) is 7.81. The summed E-state index contributed by atoms with van der Waals surface area (Å²) in [4.78, 5) is 2.77. The highest BCUT2D eigenvalue weighted by atomic mass is 15.3. The third-order valence-electron chi connectivity index (χ3n) is 4.95. The predicted molar refractivity (Wildman–Crippen MR) is 80.1 cm³/mol. The first kappa shape index (κ1) is 13.1. The van der Waals surface area contributed by atoms with Crippen LogP contribution < -0.4 is 5.32 Å². The zero-order valence-corrected chi connectivity index (χ0v) is 12.1. The Morgan fingerprint density at radius 3 is 2.63 bits per heavy atom. The molecule has 1 spiro atoms. The van der Waals surface area contributed by atoms with Crippen LogP contribution in [0.15, 0.2) is 30.3 Å². The molecule has 2 heteroatoms. The Balaban J connectivity index is 1.78. The van der Waals surface area contributed by atoms with Gasteiger partial charge in [0.2, 0.25) is 0 Å². The Hall–Kier alpha value is -0.860. The van der Waals surface area contributed by atoms with Crippen molar-refractivity contribution in [2.45, 2.75) is 57.2 Å². The third-order valence-corrected chi connectivity index (χ3v) is 4.95. The summed E-state index contributed by atoms with van der Waals surface area (Å²) in [6, 6.07) is 11.6. The number of rotatable bonds is 2. The van der Waals surface area contributed by atoms with Crippen molar-refractivity contribution in [3.8, 4) is 0 Å². The minimum absolute atomic E-state index is 0.431. The third kappa shape index (κ3) is 2.85. The second-order valence-corrected chi connectivity index (χ2v) is 6.43. The monoisotopic (exact) mass is 258 g/mol. The molecule has 1 saturated heterocycles. The van der Waals surface area contributed by atoms with Crippen molar-refractivity contribution in [1.82, 2.24) is 10.2 Å². The lowest BCUT2D eigenvalue weighted by molar-refractivity contribution is 0.00618. The summed E-state index contributed by atoms with van der Waals surface area (Å²) < 4.78 is 0. The van der Waals surface area contributed by atoms with Gasteiger partial charge in [0.1, 0.15) is 0 Å². The van der Waals surface area contributed by atoms with E-state index in [-0.39, 0.29) is 0 Å². The quantitative estimate of drug-likeness (QED) is 0.876. The fraction of sp³-hybridized carbons (Fsp3) is 0.647. The van der Waals surface area contributed by atoms with Crippen molar-refractivity contribution in [2.75, 3.05) is 13.1 Å². The topological polar surface area (TPSA) is 15.3 Å². The van der Waals surface area contributed by atoms with Crippen LogP contribution in [-0.2, 0) is 6.54 Å². The van der Waals surface area contributed by atoms with Gasteiger partial charge in [0.05, 0.1) is 0 Å². The molecule has 3 rings (SSSR count). The molecule has 1 aromatic rings. The molecule has 1 atom stereocenters.